The number of nitro groups is 1. The van der Waals surface area contributed by atoms with E-state index in [1.807, 2.05) is 43.3 Å². The van der Waals surface area contributed by atoms with E-state index in [-0.39, 0.29) is 10.6 Å². The molecule has 0 bridgehead atoms. The zero-order valence-electron chi connectivity index (χ0n) is 10.0. The Balaban J connectivity index is 2.23. The number of benzene rings is 2. The second kappa shape index (κ2) is 5.27. The van der Waals surface area contributed by atoms with Crippen molar-refractivity contribution in [2.75, 3.05) is 0 Å². The van der Waals surface area contributed by atoms with Gasteiger partial charge in [0.2, 0.25) is 0 Å². The normalized spacial score (nSPS) is 10.7. The van der Waals surface area contributed by atoms with Gasteiger partial charge in [0.25, 0.3) is 5.69 Å². The molecule has 0 radical (unpaired) electrons. The summed E-state index contributed by atoms with van der Waals surface area (Å²) in [7, 11) is 0. The molecule has 18 heavy (non-hydrogen) atoms. The molecule has 0 aromatic heterocycles. The Morgan fingerprint density at radius 3 is 2.22 bits per heavy atom. The molecule has 3 heteroatoms. The van der Waals surface area contributed by atoms with Crippen molar-refractivity contribution >= 4 is 17.8 Å². The molecule has 2 rings (SSSR count). The average Bonchev–Trinajstić information content (AvgIpc) is 2.37. The summed E-state index contributed by atoms with van der Waals surface area (Å²) in [5, 5.41) is 10.7. The molecule has 0 aliphatic rings. The lowest BCUT2D eigenvalue weighted by atomic mass is 10.1. The predicted molar refractivity (Wildman–Crippen MR) is 73.2 cm³/mol. The van der Waals surface area contributed by atoms with Gasteiger partial charge in [0.1, 0.15) is 0 Å². The maximum absolute atomic E-state index is 10.7. The van der Waals surface area contributed by atoms with Crippen molar-refractivity contribution in [3.05, 3.63) is 75.3 Å². The van der Waals surface area contributed by atoms with E-state index in [9.17, 15) is 10.1 Å². The van der Waals surface area contributed by atoms with Crippen molar-refractivity contribution in [2.24, 2.45) is 0 Å². The fourth-order valence-corrected chi connectivity index (χ4v) is 1.71. The summed E-state index contributed by atoms with van der Waals surface area (Å²) in [5.74, 6) is 0. The van der Waals surface area contributed by atoms with Gasteiger partial charge in [-0.15, -0.1) is 0 Å². The highest BCUT2D eigenvalue weighted by Gasteiger charge is 2.03. The number of hydrogen-bond acceptors (Lipinski definition) is 2. The van der Waals surface area contributed by atoms with Gasteiger partial charge < -0.3 is 0 Å². The molecule has 0 spiro atoms. The summed E-state index contributed by atoms with van der Waals surface area (Å²) in [6.45, 7) is 2.03. The van der Waals surface area contributed by atoms with Gasteiger partial charge in [0.05, 0.1) is 4.92 Å². The Morgan fingerprint density at radius 2 is 1.61 bits per heavy atom. The third kappa shape index (κ3) is 3.04. The highest BCUT2D eigenvalue weighted by molar-refractivity contribution is 5.70. The first kappa shape index (κ1) is 12.0. The van der Waals surface area contributed by atoms with Gasteiger partial charge in [0, 0.05) is 12.1 Å². The Kier molecular flexibility index (Phi) is 3.53. The number of non-ortho nitro benzene ring substituents is 1. The molecule has 0 heterocycles. The van der Waals surface area contributed by atoms with Gasteiger partial charge in [0.15, 0.2) is 0 Å². The molecule has 2 aromatic carbocycles. The number of rotatable bonds is 3. The van der Waals surface area contributed by atoms with Crippen LogP contribution >= 0.6 is 0 Å². The van der Waals surface area contributed by atoms with Gasteiger partial charge in [-0.25, -0.2) is 0 Å². The summed E-state index contributed by atoms with van der Waals surface area (Å²) in [6.07, 6.45) is 3.83. The summed E-state index contributed by atoms with van der Waals surface area (Å²) >= 11 is 0. The van der Waals surface area contributed by atoms with Crippen LogP contribution in [-0.2, 0) is 0 Å². The van der Waals surface area contributed by atoms with Crippen LogP contribution in [0.2, 0.25) is 0 Å². The maximum atomic E-state index is 10.7. The standard InChI is InChI=1S/C15H13NO2/c1-12-4-2-5-13(10-12)8-9-14-6-3-7-15(11-14)16(17)18/h2-11H,1H3. The van der Waals surface area contributed by atoms with Crippen LogP contribution in [0.5, 0.6) is 0 Å². The van der Waals surface area contributed by atoms with Crippen molar-refractivity contribution < 1.29 is 4.92 Å². The molecule has 0 fully saturated rings. The summed E-state index contributed by atoms with van der Waals surface area (Å²) in [4.78, 5) is 10.3. The second-order valence-electron chi connectivity index (χ2n) is 4.10. The molecule has 0 saturated carbocycles. The molecule has 0 aliphatic heterocycles. The molecule has 3 nitrogen and oxygen atoms in total. The number of aryl methyl sites for hydroxylation is 1. The van der Waals surface area contributed by atoms with Crippen LogP contribution in [0.4, 0.5) is 5.69 Å². The topological polar surface area (TPSA) is 43.1 Å². The zero-order chi connectivity index (χ0) is 13.0. The Hall–Kier alpha value is -2.42. The van der Waals surface area contributed by atoms with Crippen LogP contribution in [0.25, 0.3) is 12.2 Å². The minimum Gasteiger partial charge on any atom is -0.258 e. The van der Waals surface area contributed by atoms with E-state index in [1.165, 1.54) is 11.6 Å². The third-order valence-corrected chi connectivity index (χ3v) is 2.59. The van der Waals surface area contributed by atoms with E-state index in [2.05, 4.69) is 6.07 Å². The van der Waals surface area contributed by atoms with Crippen LogP contribution in [-0.4, -0.2) is 4.92 Å². The summed E-state index contributed by atoms with van der Waals surface area (Å²) < 4.78 is 0. The fraction of sp³-hybridized carbons (Fsp3) is 0.0667. The third-order valence-electron chi connectivity index (χ3n) is 2.59. The number of hydrogen-bond donors (Lipinski definition) is 0. The highest BCUT2D eigenvalue weighted by atomic mass is 16.6. The van der Waals surface area contributed by atoms with Crippen molar-refractivity contribution in [2.45, 2.75) is 6.92 Å². The lowest BCUT2D eigenvalue weighted by molar-refractivity contribution is -0.384. The van der Waals surface area contributed by atoms with E-state index in [0.29, 0.717) is 0 Å². The highest BCUT2D eigenvalue weighted by Crippen LogP contribution is 2.15. The number of nitrogens with zero attached hydrogens (tertiary/aromatic N) is 1. The van der Waals surface area contributed by atoms with Gasteiger partial charge in [-0.05, 0) is 18.1 Å². The molecule has 0 atom stereocenters. The SMILES string of the molecule is Cc1cccc(C=Cc2cccc([N+](=O)[O-])c2)c1. The molecule has 90 valence electrons. The molecule has 0 unspecified atom stereocenters. The first-order chi connectivity index (χ1) is 8.65. The quantitative estimate of drug-likeness (QED) is 0.460. The predicted octanol–water partition coefficient (Wildman–Crippen LogP) is 4.07. The van der Waals surface area contributed by atoms with Crippen molar-refractivity contribution in [1.82, 2.24) is 0 Å². The molecular weight excluding hydrogens is 226 g/mol. The minimum atomic E-state index is -0.385. The monoisotopic (exact) mass is 239 g/mol. The molecule has 0 saturated heterocycles. The molecule has 0 N–H and O–H groups in total. The first-order valence-corrected chi connectivity index (χ1v) is 5.64. The van der Waals surface area contributed by atoms with Crippen molar-refractivity contribution in [3.63, 3.8) is 0 Å². The Bertz CT molecular complexity index is 603. The second-order valence-corrected chi connectivity index (χ2v) is 4.10. The van der Waals surface area contributed by atoms with Gasteiger partial charge >= 0.3 is 0 Å². The van der Waals surface area contributed by atoms with Gasteiger partial charge in [-0.1, -0.05) is 54.1 Å². The smallest absolute Gasteiger partial charge is 0.258 e. The summed E-state index contributed by atoms with van der Waals surface area (Å²) in [6, 6.07) is 14.7. The first-order valence-electron chi connectivity index (χ1n) is 5.64. The molecular formula is C15H13NO2. The molecule has 0 amide bonds. The van der Waals surface area contributed by atoms with Gasteiger partial charge in [-0.2, -0.15) is 0 Å². The van der Waals surface area contributed by atoms with E-state index in [1.54, 1.807) is 12.1 Å². The minimum absolute atomic E-state index is 0.112. The lowest BCUT2D eigenvalue weighted by Gasteiger charge is -1.97. The van der Waals surface area contributed by atoms with E-state index in [4.69, 9.17) is 0 Å². The van der Waals surface area contributed by atoms with Gasteiger partial charge in [-0.3, -0.25) is 10.1 Å². The van der Waals surface area contributed by atoms with Crippen LogP contribution in [0.3, 0.4) is 0 Å². The lowest BCUT2D eigenvalue weighted by Crippen LogP contribution is -1.87. The van der Waals surface area contributed by atoms with Crippen LogP contribution in [0.15, 0.2) is 48.5 Å². The average molecular weight is 239 g/mol. The molecule has 0 aliphatic carbocycles. The zero-order valence-corrected chi connectivity index (χ0v) is 10.0. The largest absolute Gasteiger partial charge is 0.270 e. The Morgan fingerprint density at radius 1 is 1.00 bits per heavy atom. The van der Waals surface area contributed by atoms with Crippen molar-refractivity contribution in [3.8, 4) is 0 Å². The molecule has 2 aromatic rings. The van der Waals surface area contributed by atoms with Crippen molar-refractivity contribution in [1.29, 1.82) is 0 Å². The van der Waals surface area contributed by atoms with E-state index < -0.39 is 0 Å². The van der Waals surface area contributed by atoms with Crippen LogP contribution in [0.1, 0.15) is 16.7 Å². The summed E-state index contributed by atoms with van der Waals surface area (Å²) in [5.41, 5.74) is 3.21. The van der Waals surface area contributed by atoms with E-state index in [0.717, 1.165) is 11.1 Å². The Labute approximate surface area is 106 Å². The number of nitro benzene ring substituents is 1. The van der Waals surface area contributed by atoms with Crippen LogP contribution < -0.4 is 0 Å². The fourth-order valence-electron chi connectivity index (χ4n) is 1.71. The van der Waals surface area contributed by atoms with E-state index >= 15 is 0 Å². The van der Waals surface area contributed by atoms with Crippen LogP contribution in [0, 0.1) is 17.0 Å². The maximum Gasteiger partial charge on any atom is 0.270 e.